The summed E-state index contributed by atoms with van der Waals surface area (Å²) >= 11 is 6.11. The van der Waals surface area contributed by atoms with E-state index in [-0.39, 0.29) is 18.0 Å². The summed E-state index contributed by atoms with van der Waals surface area (Å²) in [6, 6.07) is 12.8. The van der Waals surface area contributed by atoms with Gasteiger partial charge in [-0.2, -0.15) is 0 Å². The van der Waals surface area contributed by atoms with Crippen molar-refractivity contribution in [1.29, 1.82) is 0 Å². The lowest BCUT2D eigenvalue weighted by Crippen LogP contribution is -2.28. The maximum atomic E-state index is 13.1. The van der Waals surface area contributed by atoms with Crippen molar-refractivity contribution in [1.82, 2.24) is 14.1 Å². The van der Waals surface area contributed by atoms with Crippen LogP contribution in [-0.2, 0) is 18.4 Å². The number of nitrogens with one attached hydrogen (secondary N) is 1. The number of carbonyl (C=O) groups is 1. The number of amides is 1. The Morgan fingerprint density at radius 3 is 2.65 bits per heavy atom. The summed E-state index contributed by atoms with van der Waals surface area (Å²) in [6.07, 6.45) is 3.27. The molecule has 0 saturated carbocycles. The molecule has 0 saturated heterocycles. The van der Waals surface area contributed by atoms with E-state index in [1.165, 1.54) is 10.9 Å². The Morgan fingerprint density at radius 1 is 1.19 bits per heavy atom. The van der Waals surface area contributed by atoms with Crippen LogP contribution in [-0.4, -0.2) is 27.1 Å². The minimum absolute atomic E-state index is 0.156. The number of aromatic nitrogens is 3. The standard InChI is InChI=1S/C23H21ClN4O3/c1-14-18(24)5-4-6-19(14)26-20(29)12-28-13-25-21-17(11-27(2)22(21)23(28)30)15-7-9-16(31-3)10-8-15/h4-11,13H,12H2,1-3H3,(H,26,29). The number of hydrogen-bond acceptors (Lipinski definition) is 4. The average molecular weight is 437 g/mol. The first-order valence-corrected chi connectivity index (χ1v) is 10.0. The molecule has 0 radical (unpaired) electrons. The van der Waals surface area contributed by atoms with Gasteiger partial charge in [0.05, 0.1) is 13.4 Å². The molecule has 2 aromatic heterocycles. The number of fused-ring (bicyclic) bond motifs is 1. The van der Waals surface area contributed by atoms with Gasteiger partial charge in [-0.3, -0.25) is 14.2 Å². The fraction of sp³-hybridized carbons (Fsp3) is 0.174. The van der Waals surface area contributed by atoms with Crippen LogP contribution in [0.15, 0.2) is 59.8 Å². The molecule has 0 aliphatic rings. The summed E-state index contributed by atoms with van der Waals surface area (Å²) in [5.74, 6) is 0.415. The summed E-state index contributed by atoms with van der Waals surface area (Å²) < 4.78 is 8.24. The van der Waals surface area contributed by atoms with Gasteiger partial charge in [0.15, 0.2) is 0 Å². The minimum atomic E-state index is -0.335. The van der Waals surface area contributed by atoms with Gasteiger partial charge in [-0.05, 0) is 42.3 Å². The van der Waals surface area contributed by atoms with E-state index < -0.39 is 0 Å². The smallest absolute Gasteiger partial charge is 0.278 e. The van der Waals surface area contributed by atoms with Crippen molar-refractivity contribution in [2.45, 2.75) is 13.5 Å². The molecule has 1 N–H and O–H groups in total. The summed E-state index contributed by atoms with van der Waals surface area (Å²) in [5, 5.41) is 3.36. The fourth-order valence-electron chi connectivity index (χ4n) is 3.49. The van der Waals surface area contributed by atoms with Gasteiger partial charge in [0.2, 0.25) is 5.91 Å². The molecular formula is C23H21ClN4O3. The molecule has 0 fully saturated rings. The van der Waals surface area contributed by atoms with Gasteiger partial charge >= 0.3 is 0 Å². The molecule has 8 heteroatoms. The fourth-order valence-corrected chi connectivity index (χ4v) is 3.67. The molecule has 4 rings (SSSR count). The number of halogens is 1. The van der Waals surface area contributed by atoms with Crippen LogP contribution in [0.5, 0.6) is 5.75 Å². The molecule has 31 heavy (non-hydrogen) atoms. The molecule has 0 unspecified atom stereocenters. The normalized spacial score (nSPS) is 11.0. The largest absolute Gasteiger partial charge is 0.497 e. The lowest BCUT2D eigenvalue weighted by Gasteiger charge is -2.10. The van der Waals surface area contributed by atoms with Gasteiger partial charge in [0, 0.05) is 29.5 Å². The Balaban J connectivity index is 1.65. The van der Waals surface area contributed by atoms with Gasteiger partial charge in [-0.25, -0.2) is 4.98 Å². The molecule has 0 spiro atoms. The predicted octanol–water partition coefficient (Wildman–Crippen LogP) is 4.01. The van der Waals surface area contributed by atoms with Crippen molar-refractivity contribution < 1.29 is 9.53 Å². The zero-order chi connectivity index (χ0) is 22.1. The molecule has 0 bridgehead atoms. The summed E-state index contributed by atoms with van der Waals surface area (Å²) in [4.78, 5) is 30.1. The Morgan fingerprint density at radius 2 is 1.94 bits per heavy atom. The van der Waals surface area contributed by atoms with Gasteiger partial charge in [0.25, 0.3) is 5.56 Å². The summed E-state index contributed by atoms with van der Waals surface area (Å²) in [6.45, 7) is 1.67. The second-order valence-corrected chi connectivity index (χ2v) is 7.62. The first kappa shape index (κ1) is 20.7. The Kier molecular flexibility index (Phi) is 5.52. The van der Waals surface area contributed by atoms with Gasteiger partial charge in [-0.1, -0.05) is 29.8 Å². The van der Waals surface area contributed by atoms with Crippen LogP contribution >= 0.6 is 11.6 Å². The van der Waals surface area contributed by atoms with Crippen molar-refractivity contribution in [3.63, 3.8) is 0 Å². The topological polar surface area (TPSA) is 78.1 Å². The molecule has 7 nitrogen and oxygen atoms in total. The molecule has 0 atom stereocenters. The molecule has 158 valence electrons. The second-order valence-electron chi connectivity index (χ2n) is 7.22. The third-order valence-corrected chi connectivity index (χ3v) is 5.61. The molecule has 2 aromatic carbocycles. The molecule has 2 heterocycles. The van der Waals surface area contributed by atoms with Gasteiger partial charge in [0.1, 0.15) is 23.3 Å². The highest BCUT2D eigenvalue weighted by molar-refractivity contribution is 6.31. The molecule has 0 aliphatic heterocycles. The van der Waals surface area contributed by atoms with E-state index in [9.17, 15) is 9.59 Å². The van der Waals surface area contributed by atoms with E-state index in [1.54, 1.807) is 36.9 Å². The van der Waals surface area contributed by atoms with Crippen LogP contribution < -0.4 is 15.6 Å². The molecule has 1 amide bonds. The van der Waals surface area contributed by atoms with Crippen LogP contribution in [0.25, 0.3) is 22.2 Å². The maximum absolute atomic E-state index is 13.1. The zero-order valence-electron chi connectivity index (χ0n) is 17.3. The van der Waals surface area contributed by atoms with Crippen molar-refractivity contribution in [2.24, 2.45) is 7.05 Å². The SMILES string of the molecule is COc1ccc(-c2cn(C)c3c(=O)n(CC(=O)Nc4cccc(Cl)c4C)cnc23)cc1. The third-order valence-electron chi connectivity index (χ3n) is 5.20. The van der Waals surface area contributed by atoms with E-state index >= 15 is 0 Å². The van der Waals surface area contributed by atoms with Crippen LogP contribution in [0, 0.1) is 6.92 Å². The van der Waals surface area contributed by atoms with E-state index in [1.807, 2.05) is 37.4 Å². The lowest BCUT2D eigenvalue weighted by atomic mass is 10.1. The number of benzene rings is 2. The number of aryl methyl sites for hydroxylation is 1. The van der Waals surface area contributed by atoms with Crippen LogP contribution in [0.4, 0.5) is 5.69 Å². The van der Waals surface area contributed by atoms with Crippen molar-refractivity contribution in [3.8, 4) is 16.9 Å². The first-order chi connectivity index (χ1) is 14.9. The van der Waals surface area contributed by atoms with Crippen molar-refractivity contribution in [2.75, 3.05) is 12.4 Å². The number of nitrogens with zero attached hydrogens (tertiary/aromatic N) is 3. The molecular weight excluding hydrogens is 416 g/mol. The zero-order valence-corrected chi connectivity index (χ0v) is 18.1. The van der Waals surface area contributed by atoms with Crippen LogP contribution in [0.1, 0.15) is 5.56 Å². The number of anilines is 1. The third kappa shape index (κ3) is 3.92. The Hall–Kier alpha value is -3.58. The van der Waals surface area contributed by atoms with E-state index in [2.05, 4.69) is 10.3 Å². The van der Waals surface area contributed by atoms with Crippen molar-refractivity contribution in [3.05, 3.63) is 75.9 Å². The lowest BCUT2D eigenvalue weighted by molar-refractivity contribution is -0.116. The number of methoxy groups -OCH3 is 1. The Bertz CT molecular complexity index is 1340. The molecule has 0 aliphatic carbocycles. The van der Waals surface area contributed by atoms with E-state index in [0.29, 0.717) is 21.7 Å². The van der Waals surface area contributed by atoms with E-state index in [4.69, 9.17) is 16.3 Å². The summed E-state index contributed by atoms with van der Waals surface area (Å²) in [7, 11) is 3.40. The summed E-state index contributed by atoms with van der Waals surface area (Å²) in [5.41, 5.74) is 3.86. The number of hydrogen-bond donors (Lipinski definition) is 1. The van der Waals surface area contributed by atoms with Crippen LogP contribution in [0.2, 0.25) is 5.02 Å². The number of carbonyl (C=O) groups excluding carboxylic acids is 1. The first-order valence-electron chi connectivity index (χ1n) is 9.63. The average Bonchev–Trinajstić information content (AvgIpc) is 3.10. The predicted molar refractivity (Wildman–Crippen MR) is 122 cm³/mol. The van der Waals surface area contributed by atoms with Crippen molar-refractivity contribution >= 4 is 34.2 Å². The quantitative estimate of drug-likeness (QED) is 0.512. The van der Waals surface area contributed by atoms with Gasteiger partial charge < -0.3 is 14.6 Å². The van der Waals surface area contributed by atoms with E-state index in [0.717, 1.165) is 22.4 Å². The highest BCUT2D eigenvalue weighted by Gasteiger charge is 2.16. The second kappa shape index (κ2) is 8.28. The molecule has 4 aromatic rings. The maximum Gasteiger partial charge on any atom is 0.278 e. The highest BCUT2D eigenvalue weighted by Crippen LogP contribution is 2.28. The monoisotopic (exact) mass is 436 g/mol. The number of ether oxygens (including phenoxy) is 1. The number of rotatable bonds is 5. The highest BCUT2D eigenvalue weighted by atomic mass is 35.5. The minimum Gasteiger partial charge on any atom is -0.497 e. The van der Waals surface area contributed by atoms with Crippen LogP contribution in [0.3, 0.4) is 0 Å². The Labute approximate surface area is 183 Å². The van der Waals surface area contributed by atoms with Gasteiger partial charge in [-0.15, -0.1) is 0 Å².